The molecule has 1 aromatic carbocycles. The number of thiophene rings is 1. The fourth-order valence-corrected chi connectivity index (χ4v) is 5.20. The molecule has 1 saturated heterocycles. The molecule has 0 bridgehead atoms. The fourth-order valence-electron chi connectivity index (χ4n) is 4.20. The van der Waals surface area contributed by atoms with Gasteiger partial charge in [-0.25, -0.2) is 0 Å². The van der Waals surface area contributed by atoms with Gasteiger partial charge in [0.1, 0.15) is 0 Å². The van der Waals surface area contributed by atoms with Crippen molar-refractivity contribution in [2.24, 2.45) is 5.92 Å². The van der Waals surface area contributed by atoms with Crippen molar-refractivity contribution < 1.29 is 4.74 Å². The summed E-state index contributed by atoms with van der Waals surface area (Å²) in [5.74, 6) is 0.731. The summed E-state index contributed by atoms with van der Waals surface area (Å²) < 4.78 is 7.07. The predicted molar refractivity (Wildman–Crippen MR) is 97.3 cm³/mol. The summed E-state index contributed by atoms with van der Waals surface area (Å²) in [5.41, 5.74) is 1.49. The summed E-state index contributed by atoms with van der Waals surface area (Å²) in [4.78, 5) is 0. The number of benzene rings is 1. The Balaban J connectivity index is 1.33. The van der Waals surface area contributed by atoms with E-state index < -0.39 is 0 Å². The van der Waals surface area contributed by atoms with Crippen molar-refractivity contribution in [1.82, 2.24) is 10.6 Å². The van der Waals surface area contributed by atoms with Crippen molar-refractivity contribution in [2.45, 2.75) is 37.8 Å². The Morgan fingerprint density at radius 2 is 2.22 bits per heavy atom. The van der Waals surface area contributed by atoms with E-state index in [0.717, 1.165) is 38.6 Å². The number of fused-ring (bicyclic) bond motifs is 1. The molecule has 3 atom stereocenters. The van der Waals surface area contributed by atoms with Crippen LogP contribution in [0.5, 0.6) is 0 Å². The molecule has 0 amide bonds. The van der Waals surface area contributed by atoms with Gasteiger partial charge in [0.2, 0.25) is 0 Å². The second kappa shape index (κ2) is 7.31. The van der Waals surface area contributed by atoms with Gasteiger partial charge < -0.3 is 15.4 Å². The summed E-state index contributed by atoms with van der Waals surface area (Å²) in [6.45, 7) is 3.84. The van der Waals surface area contributed by atoms with Crippen LogP contribution in [0.2, 0.25) is 0 Å². The first kappa shape index (κ1) is 15.6. The largest absolute Gasteiger partial charge is 0.379 e. The van der Waals surface area contributed by atoms with E-state index in [9.17, 15) is 0 Å². The summed E-state index contributed by atoms with van der Waals surface area (Å²) in [6.07, 6.45) is 5.12. The lowest BCUT2D eigenvalue weighted by molar-refractivity contribution is 0.0526. The quantitative estimate of drug-likeness (QED) is 0.883. The smallest absolute Gasteiger partial charge is 0.0623 e. The molecular weight excluding hydrogens is 304 g/mol. The lowest BCUT2D eigenvalue weighted by atomic mass is 9.94. The van der Waals surface area contributed by atoms with Gasteiger partial charge in [0, 0.05) is 23.3 Å². The van der Waals surface area contributed by atoms with Crippen LogP contribution in [0.15, 0.2) is 29.6 Å². The van der Waals surface area contributed by atoms with Crippen LogP contribution < -0.4 is 10.6 Å². The molecule has 0 spiro atoms. The number of ether oxygens (including phenoxy) is 1. The molecule has 4 rings (SSSR count). The summed E-state index contributed by atoms with van der Waals surface area (Å²) in [7, 11) is 0. The molecule has 1 saturated carbocycles. The standard InChI is InChI=1S/C19H26N2OS/c1-2-7-19-15(4-1)14(13-23-19)8-9-20-17-6-3-5-16(17)18-12-22-11-10-21-18/h1-2,4,7,13,16-18,20-21H,3,5-6,8-12H2. The molecule has 2 heterocycles. The molecule has 4 heteroatoms. The second-order valence-electron chi connectivity index (χ2n) is 6.80. The highest BCUT2D eigenvalue weighted by Crippen LogP contribution is 2.30. The average Bonchev–Trinajstić information content (AvgIpc) is 3.23. The Hall–Kier alpha value is -0.940. The van der Waals surface area contributed by atoms with E-state index in [2.05, 4.69) is 40.3 Å². The SMILES string of the molecule is c1ccc2c(CCNC3CCCC3C3COCCN3)csc2c1. The van der Waals surface area contributed by atoms with Gasteiger partial charge in [0.05, 0.1) is 13.2 Å². The molecule has 3 unspecified atom stereocenters. The van der Waals surface area contributed by atoms with E-state index in [1.807, 2.05) is 11.3 Å². The van der Waals surface area contributed by atoms with Crippen molar-refractivity contribution in [2.75, 3.05) is 26.3 Å². The van der Waals surface area contributed by atoms with Gasteiger partial charge in [-0.3, -0.25) is 0 Å². The molecule has 2 aromatic rings. The predicted octanol–water partition coefficient (Wildman–Crippen LogP) is 3.19. The van der Waals surface area contributed by atoms with Crippen LogP contribution >= 0.6 is 11.3 Å². The summed E-state index contributed by atoms with van der Waals surface area (Å²) >= 11 is 1.87. The minimum Gasteiger partial charge on any atom is -0.379 e. The van der Waals surface area contributed by atoms with Crippen LogP contribution in [-0.2, 0) is 11.2 Å². The molecule has 3 nitrogen and oxygen atoms in total. The first-order valence-corrected chi connectivity index (χ1v) is 9.79. The topological polar surface area (TPSA) is 33.3 Å². The van der Waals surface area contributed by atoms with E-state index in [1.54, 1.807) is 0 Å². The van der Waals surface area contributed by atoms with Crippen molar-refractivity contribution in [3.63, 3.8) is 0 Å². The Labute approximate surface area is 142 Å². The Morgan fingerprint density at radius 1 is 1.26 bits per heavy atom. The van der Waals surface area contributed by atoms with Crippen molar-refractivity contribution in [3.8, 4) is 0 Å². The van der Waals surface area contributed by atoms with E-state index in [4.69, 9.17) is 4.74 Å². The maximum atomic E-state index is 5.67. The molecule has 23 heavy (non-hydrogen) atoms. The normalized spacial score (nSPS) is 28.4. The van der Waals surface area contributed by atoms with Gasteiger partial charge in [-0.2, -0.15) is 0 Å². The zero-order valence-corrected chi connectivity index (χ0v) is 14.4. The van der Waals surface area contributed by atoms with Gasteiger partial charge in [-0.05, 0) is 54.1 Å². The third-order valence-corrected chi connectivity index (χ3v) is 6.41. The van der Waals surface area contributed by atoms with Crippen LogP contribution in [0.4, 0.5) is 0 Å². The highest BCUT2D eigenvalue weighted by atomic mass is 32.1. The van der Waals surface area contributed by atoms with Crippen LogP contribution in [0.3, 0.4) is 0 Å². The van der Waals surface area contributed by atoms with Crippen molar-refractivity contribution in [1.29, 1.82) is 0 Å². The van der Waals surface area contributed by atoms with Gasteiger partial charge in [0.15, 0.2) is 0 Å². The first-order chi connectivity index (χ1) is 11.4. The molecule has 1 aliphatic carbocycles. The minimum absolute atomic E-state index is 0.547. The number of rotatable bonds is 5. The highest BCUT2D eigenvalue weighted by Gasteiger charge is 2.34. The Bertz CT molecular complexity index is 635. The third-order valence-electron chi connectivity index (χ3n) is 5.40. The first-order valence-electron chi connectivity index (χ1n) is 8.91. The Morgan fingerprint density at radius 3 is 3.13 bits per heavy atom. The molecule has 124 valence electrons. The van der Waals surface area contributed by atoms with E-state index >= 15 is 0 Å². The van der Waals surface area contributed by atoms with Gasteiger partial charge in [-0.1, -0.05) is 24.6 Å². The van der Waals surface area contributed by atoms with Gasteiger partial charge >= 0.3 is 0 Å². The molecule has 2 N–H and O–H groups in total. The van der Waals surface area contributed by atoms with E-state index in [-0.39, 0.29) is 0 Å². The maximum Gasteiger partial charge on any atom is 0.0623 e. The molecular formula is C19H26N2OS. The maximum absolute atomic E-state index is 5.67. The zero-order chi connectivity index (χ0) is 15.5. The van der Waals surface area contributed by atoms with Gasteiger partial charge in [0.25, 0.3) is 0 Å². The molecule has 0 radical (unpaired) electrons. The van der Waals surface area contributed by atoms with Crippen molar-refractivity contribution >= 4 is 21.4 Å². The number of hydrogen-bond acceptors (Lipinski definition) is 4. The minimum atomic E-state index is 0.547. The molecule has 1 aliphatic heterocycles. The summed E-state index contributed by atoms with van der Waals surface area (Å²) in [6, 6.07) is 9.95. The number of morpholine rings is 1. The van der Waals surface area contributed by atoms with Crippen LogP contribution in [0.1, 0.15) is 24.8 Å². The lowest BCUT2D eigenvalue weighted by Gasteiger charge is -2.33. The lowest BCUT2D eigenvalue weighted by Crippen LogP contribution is -2.51. The van der Waals surface area contributed by atoms with E-state index in [0.29, 0.717) is 12.1 Å². The van der Waals surface area contributed by atoms with Gasteiger partial charge in [-0.15, -0.1) is 11.3 Å². The second-order valence-corrected chi connectivity index (χ2v) is 7.71. The monoisotopic (exact) mass is 330 g/mol. The highest BCUT2D eigenvalue weighted by molar-refractivity contribution is 7.17. The number of nitrogens with one attached hydrogen (secondary N) is 2. The molecule has 1 aromatic heterocycles. The molecule has 2 aliphatic rings. The summed E-state index contributed by atoms with van der Waals surface area (Å²) in [5, 5.41) is 11.3. The average molecular weight is 330 g/mol. The zero-order valence-electron chi connectivity index (χ0n) is 13.6. The van der Waals surface area contributed by atoms with E-state index in [1.165, 1.54) is 34.9 Å². The van der Waals surface area contributed by atoms with Crippen molar-refractivity contribution in [3.05, 3.63) is 35.2 Å². The van der Waals surface area contributed by atoms with Crippen LogP contribution in [0.25, 0.3) is 10.1 Å². The van der Waals surface area contributed by atoms with Crippen LogP contribution in [0, 0.1) is 5.92 Å². The molecule has 2 fully saturated rings. The third kappa shape index (κ3) is 3.45. The van der Waals surface area contributed by atoms with Crippen LogP contribution in [-0.4, -0.2) is 38.4 Å². The fraction of sp³-hybridized carbons (Fsp3) is 0.579. The number of hydrogen-bond donors (Lipinski definition) is 2. The Kier molecular flexibility index (Phi) is 4.95.